The minimum Gasteiger partial charge on any atom is -0.444 e. The summed E-state index contributed by atoms with van der Waals surface area (Å²) in [6.45, 7) is 3.33. The average Bonchev–Trinajstić information content (AvgIpc) is 3.28. The van der Waals surface area contributed by atoms with Gasteiger partial charge < -0.3 is 10.2 Å². The fourth-order valence-corrected chi connectivity index (χ4v) is 2.76. The molecule has 1 unspecified atom stereocenters. The van der Waals surface area contributed by atoms with Gasteiger partial charge in [0.05, 0.1) is 16.7 Å². The molecular weight excluding hydrogens is 348 g/mol. The minimum absolute atomic E-state index is 0.0444. The number of nitro groups is 1. The molecule has 0 aliphatic rings. The molecule has 0 saturated carbocycles. The molecule has 138 valence electrons. The molecule has 0 aliphatic heterocycles. The zero-order valence-electron chi connectivity index (χ0n) is 14.8. The molecule has 9 heteroatoms. The number of allylic oxidation sites excluding steroid dienone is 6. The monoisotopic (exact) mass is 366 g/mol. The summed E-state index contributed by atoms with van der Waals surface area (Å²) in [7, 11) is 0. The third-order valence-electron chi connectivity index (χ3n) is 3.98. The zero-order valence-corrected chi connectivity index (χ0v) is 14.8. The second kappa shape index (κ2) is 7.65. The van der Waals surface area contributed by atoms with Crippen molar-refractivity contribution in [3.05, 3.63) is 76.7 Å². The van der Waals surface area contributed by atoms with Gasteiger partial charge >= 0.3 is 0 Å². The Morgan fingerprint density at radius 3 is 2.89 bits per heavy atom. The summed E-state index contributed by atoms with van der Waals surface area (Å²) in [5.74, 6) is 0.499. The van der Waals surface area contributed by atoms with Crippen molar-refractivity contribution in [3.8, 4) is 11.5 Å². The van der Waals surface area contributed by atoms with Crippen LogP contribution in [-0.4, -0.2) is 24.5 Å². The number of fused-ring (bicyclic) bond motifs is 1. The molecule has 0 spiro atoms. The van der Waals surface area contributed by atoms with Crippen LogP contribution in [0.1, 0.15) is 25.3 Å². The first-order valence-electron chi connectivity index (χ1n) is 8.16. The van der Waals surface area contributed by atoms with E-state index in [0.29, 0.717) is 17.2 Å². The number of aromatic nitrogens is 4. The highest BCUT2D eigenvalue weighted by atomic mass is 16.6. The maximum atomic E-state index is 10.8. The van der Waals surface area contributed by atoms with Crippen molar-refractivity contribution >= 4 is 11.3 Å². The van der Waals surface area contributed by atoms with Crippen LogP contribution < -0.4 is 5.73 Å². The van der Waals surface area contributed by atoms with Crippen molar-refractivity contribution < 1.29 is 9.34 Å². The summed E-state index contributed by atoms with van der Waals surface area (Å²) in [5.41, 5.74) is 8.30. The van der Waals surface area contributed by atoms with Gasteiger partial charge in [0.1, 0.15) is 18.1 Å². The Labute approximate surface area is 154 Å². The fourth-order valence-electron chi connectivity index (χ4n) is 2.76. The molecule has 3 aromatic heterocycles. The number of hydrogen-bond donors (Lipinski definition) is 1. The number of anilines is 1. The Hall–Kier alpha value is -3.75. The van der Waals surface area contributed by atoms with E-state index >= 15 is 0 Å². The number of nitrogen functional groups attached to an aromatic ring is 1. The minimum atomic E-state index is -0.438. The number of nitrogens with two attached hydrogens (primary N) is 1. The van der Waals surface area contributed by atoms with Crippen molar-refractivity contribution in [3.63, 3.8) is 0 Å². The van der Waals surface area contributed by atoms with Crippen molar-refractivity contribution in [2.24, 2.45) is 0 Å². The van der Waals surface area contributed by atoms with Crippen molar-refractivity contribution in [2.45, 2.75) is 19.8 Å². The van der Waals surface area contributed by atoms with E-state index in [9.17, 15) is 10.1 Å². The van der Waals surface area contributed by atoms with Gasteiger partial charge in [0.25, 0.3) is 0 Å². The zero-order chi connectivity index (χ0) is 19.4. The lowest BCUT2D eigenvalue weighted by Gasteiger charge is -2.10. The van der Waals surface area contributed by atoms with Crippen molar-refractivity contribution in [1.82, 2.24) is 19.6 Å². The van der Waals surface area contributed by atoms with E-state index in [1.54, 1.807) is 23.0 Å². The molecule has 1 atom stereocenters. The Morgan fingerprint density at radius 1 is 1.41 bits per heavy atom. The molecule has 3 aromatic rings. The molecule has 3 rings (SSSR count). The second-order valence-corrected chi connectivity index (χ2v) is 5.73. The molecule has 0 fully saturated rings. The van der Waals surface area contributed by atoms with Gasteiger partial charge in [-0.05, 0) is 6.92 Å². The molecular formula is C18H18N6O3. The topological polar surface area (TPSA) is 125 Å². The van der Waals surface area contributed by atoms with Gasteiger partial charge in [-0.2, -0.15) is 5.10 Å². The summed E-state index contributed by atoms with van der Waals surface area (Å²) < 4.78 is 7.09. The lowest BCUT2D eigenvalue weighted by atomic mass is 9.95. The van der Waals surface area contributed by atoms with E-state index in [4.69, 9.17) is 10.2 Å². The van der Waals surface area contributed by atoms with E-state index in [2.05, 4.69) is 15.1 Å². The van der Waals surface area contributed by atoms with Gasteiger partial charge in [0.2, 0.25) is 11.6 Å². The van der Waals surface area contributed by atoms with Crippen LogP contribution in [0.25, 0.3) is 17.0 Å². The number of rotatable bonds is 6. The van der Waals surface area contributed by atoms with Crippen molar-refractivity contribution in [1.29, 1.82) is 0 Å². The maximum Gasteiger partial charge on any atom is 0.243 e. The molecule has 0 aromatic carbocycles. The highest BCUT2D eigenvalue weighted by molar-refractivity contribution is 5.81. The number of oxazole rings is 1. The van der Waals surface area contributed by atoms with E-state index in [-0.39, 0.29) is 11.6 Å². The van der Waals surface area contributed by atoms with Gasteiger partial charge in [-0.25, -0.2) is 14.5 Å². The van der Waals surface area contributed by atoms with Crippen molar-refractivity contribution in [2.75, 3.05) is 5.73 Å². The van der Waals surface area contributed by atoms with Crippen LogP contribution in [0.2, 0.25) is 0 Å². The molecule has 3 heterocycles. The molecule has 0 radical (unpaired) electrons. The third kappa shape index (κ3) is 3.61. The van der Waals surface area contributed by atoms with Gasteiger partial charge in [-0.1, -0.05) is 24.3 Å². The van der Waals surface area contributed by atoms with Crippen LogP contribution in [0.3, 0.4) is 0 Å². The summed E-state index contributed by atoms with van der Waals surface area (Å²) in [4.78, 5) is 18.7. The van der Waals surface area contributed by atoms with Crippen LogP contribution in [0.5, 0.6) is 0 Å². The molecule has 0 aliphatic carbocycles. The van der Waals surface area contributed by atoms with Gasteiger partial charge in [-0.15, -0.1) is 0 Å². The van der Waals surface area contributed by atoms with Gasteiger partial charge in [0, 0.05) is 30.7 Å². The largest absolute Gasteiger partial charge is 0.444 e. The Bertz CT molecular complexity index is 1050. The highest BCUT2D eigenvalue weighted by Crippen LogP contribution is 2.36. The SMILES string of the molecule is C/C=C\C(C=C/C=C(\C)[N+](=O)[O-])c1c(-c2ncco2)cn2ncnc(N)c12. The summed E-state index contributed by atoms with van der Waals surface area (Å²) in [6.07, 6.45) is 14.9. The van der Waals surface area contributed by atoms with Gasteiger partial charge in [0.15, 0.2) is 5.82 Å². The number of hydrogen-bond acceptors (Lipinski definition) is 7. The standard InChI is InChI=1S/C18H18N6O3/c1-3-5-13(7-4-6-12(2)24(25)26)15-14(18-20-8-9-27-18)10-23-16(15)17(19)21-11-22-23/h3-11,13H,1-2H3,(H2,19,21,22)/b5-3-,7-4?,12-6+. The highest BCUT2D eigenvalue weighted by Gasteiger charge is 2.23. The van der Waals surface area contributed by atoms with E-state index in [1.807, 2.05) is 25.2 Å². The summed E-state index contributed by atoms with van der Waals surface area (Å²) in [6, 6.07) is 0. The van der Waals surface area contributed by atoms with Gasteiger partial charge in [-0.3, -0.25) is 10.1 Å². The predicted molar refractivity (Wildman–Crippen MR) is 100 cm³/mol. The molecule has 0 saturated heterocycles. The molecule has 9 nitrogen and oxygen atoms in total. The maximum absolute atomic E-state index is 10.8. The lowest BCUT2D eigenvalue weighted by molar-refractivity contribution is -0.424. The summed E-state index contributed by atoms with van der Waals surface area (Å²) >= 11 is 0. The van der Waals surface area contributed by atoms with E-state index < -0.39 is 4.92 Å². The smallest absolute Gasteiger partial charge is 0.243 e. The second-order valence-electron chi connectivity index (χ2n) is 5.73. The van der Waals surface area contributed by atoms with Crippen LogP contribution in [0, 0.1) is 10.1 Å². The average molecular weight is 366 g/mol. The predicted octanol–water partition coefficient (Wildman–Crippen LogP) is 3.36. The van der Waals surface area contributed by atoms with Crippen LogP contribution in [0.4, 0.5) is 5.82 Å². The Morgan fingerprint density at radius 2 is 2.22 bits per heavy atom. The molecule has 0 bridgehead atoms. The summed E-state index contributed by atoms with van der Waals surface area (Å²) in [5, 5.41) is 15.0. The first-order valence-corrected chi connectivity index (χ1v) is 8.16. The van der Waals surface area contributed by atoms with Crippen LogP contribution in [0.15, 0.2) is 65.5 Å². The van der Waals surface area contributed by atoms with E-state index in [0.717, 1.165) is 11.1 Å². The Kier molecular flexibility index (Phi) is 5.11. The first kappa shape index (κ1) is 18.1. The Balaban J connectivity index is 2.19. The van der Waals surface area contributed by atoms with E-state index in [1.165, 1.54) is 25.6 Å². The molecule has 2 N–H and O–H groups in total. The first-order chi connectivity index (χ1) is 13.0. The molecule has 27 heavy (non-hydrogen) atoms. The molecule has 0 amide bonds. The third-order valence-corrected chi connectivity index (χ3v) is 3.98. The quantitative estimate of drug-likeness (QED) is 0.307. The fraction of sp³-hybridized carbons (Fsp3) is 0.167. The number of nitrogens with zero attached hydrogens (tertiary/aromatic N) is 5. The van der Waals surface area contributed by atoms with Crippen LogP contribution >= 0.6 is 0 Å². The van der Waals surface area contributed by atoms with Crippen LogP contribution in [-0.2, 0) is 0 Å². The lowest BCUT2D eigenvalue weighted by Crippen LogP contribution is -2.01. The normalized spacial score (nSPS) is 13.8.